The summed E-state index contributed by atoms with van der Waals surface area (Å²) in [7, 11) is 0. The van der Waals surface area contributed by atoms with E-state index in [1.54, 1.807) is 12.1 Å². The van der Waals surface area contributed by atoms with E-state index in [1.807, 2.05) is 20.8 Å². The van der Waals surface area contributed by atoms with Crippen LogP contribution >= 0.6 is 0 Å². The SMILES string of the molecule is CCC(C)(C)NC(=O)Cc1ccc([N+](=O)[O-])cc1. The van der Waals surface area contributed by atoms with Crippen LogP contribution in [0.15, 0.2) is 24.3 Å². The quantitative estimate of drug-likeness (QED) is 0.644. The van der Waals surface area contributed by atoms with Crippen LogP contribution in [0.3, 0.4) is 0 Å². The zero-order valence-corrected chi connectivity index (χ0v) is 10.9. The minimum Gasteiger partial charge on any atom is -0.351 e. The second-order valence-corrected chi connectivity index (χ2v) is 4.89. The largest absolute Gasteiger partial charge is 0.351 e. The van der Waals surface area contributed by atoms with Crippen molar-refractivity contribution < 1.29 is 9.72 Å². The molecule has 1 N–H and O–H groups in total. The van der Waals surface area contributed by atoms with Crippen LogP contribution in [0.25, 0.3) is 0 Å². The zero-order valence-electron chi connectivity index (χ0n) is 10.9. The maximum Gasteiger partial charge on any atom is 0.269 e. The van der Waals surface area contributed by atoms with Crippen LogP contribution in [0.5, 0.6) is 0 Å². The molecule has 0 aliphatic rings. The van der Waals surface area contributed by atoms with Crippen molar-refractivity contribution in [1.29, 1.82) is 0 Å². The van der Waals surface area contributed by atoms with Crippen molar-refractivity contribution in [2.45, 2.75) is 39.2 Å². The van der Waals surface area contributed by atoms with Crippen LogP contribution in [0.2, 0.25) is 0 Å². The molecule has 18 heavy (non-hydrogen) atoms. The first-order chi connectivity index (χ1) is 8.34. The second kappa shape index (κ2) is 5.62. The number of hydrogen-bond donors (Lipinski definition) is 1. The lowest BCUT2D eigenvalue weighted by Gasteiger charge is -2.24. The third-order valence-electron chi connectivity index (χ3n) is 2.87. The van der Waals surface area contributed by atoms with Crippen molar-refractivity contribution >= 4 is 11.6 Å². The van der Waals surface area contributed by atoms with Gasteiger partial charge in [-0.2, -0.15) is 0 Å². The van der Waals surface area contributed by atoms with Gasteiger partial charge in [0, 0.05) is 17.7 Å². The molecule has 5 heteroatoms. The Morgan fingerprint density at radius 2 is 1.89 bits per heavy atom. The minimum atomic E-state index is -0.454. The first-order valence-corrected chi connectivity index (χ1v) is 5.88. The summed E-state index contributed by atoms with van der Waals surface area (Å²) in [5.41, 5.74) is 0.579. The van der Waals surface area contributed by atoms with Crippen LogP contribution in [0, 0.1) is 10.1 Å². The van der Waals surface area contributed by atoms with E-state index in [0.717, 1.165) is 12.0 Å². The lowest BCUT2D eigenvalue weighted by Crippen LogP contribution is -2.43. The second-order valence-electron chi connectivity index (χ2n) is 4.89. The number of amides is 1. The van der Waals surface area contributed by atoms with Gasteiger partial charge in [0.25, 0.3) is 5.69 Å². The Bertz CT molecular complexity index is 438. The summed E-state index contributed by atoms with van der Waals surface area (Å²) in [6, 6.07) is 6.04. The Labute approximate surface area is 106 Å². The first kappa shape index (κ1) is 14.2. The van der Waals surface area contributed by atoms with Gasteiger partial charge in [-0.15, -0.1) is 0 Å². The molecule has 0 aromatic heterocycles. The fourth-order valence-corrected chi connectivity index (χ4v) is 1.43. The highest BCUT2D eigenvalue weighted by Gasteiger charge is 2.17. The molecule has 1 amide bonds. The summed E-state index contributed by atoms with van der Waals surface area (Å²) >= 11 is 0. The maximum atomic E-state index is 11.8. The predicted octanol–water partition coefficient (Wildman–Crippen LogP) is 2.44. The Kier molecular flexibility index (Phi) is 4.42. The molecule has 0 radical (unpaired) electrons. The highest BCUT2D eigenvalue weighted by molar-refractivity contribution is 5.79. The zero-order chi connectivity index (χ0) is 13.8. The maximum absolute atomic E-state index is 11.8. The van der Waals surface area contributed by atoms with Gasteiger partial charge in [-0.3, -0.25) is 14.9 Å². The van der Waals surface area contributed by atoms with E-state index < -0.39 is 4.92 Å². The van der Waals surface area contributed by atoms with Crippen molar-refractivity contribution in [3.63, 3.8) is 0 Å². The fraction of sp³-hybridized carbons (Fsp3) is 0.462. The Hall–Kier alpha value is -1.91. The first-order valence-electron chi connectivity index (χ1n) is 5.88. The highest BCUT2D eigenvalue weighted by atomic mass is 16.6. The molecule has 0 bridgehead atoms. The van der Waals surface area contributed by atoms with Crippen LogP contribution in [-0.2, 0) is 11.2 Å². The van der Waals surface area contributed by atoms with Crippen molar-refractivity contribution in [1.82, 2.24) is 5.32 Å². The summed E-state index contributed by atoms with van der Waals surface area (Å²) in [4.78, 5) is 21.8. The number of benzene rings is 1. The smallest absolute Gasteiger partial charge is 0.269 e. The Balaban J connectivity index is 2.63. The molecule has 0 saturated heterocycles. The lowest BCUT2D eigenvalue weighted by molar-refractivity contribution is -0.384. The van der Waals surface area contributed by atoms with E-state index in [4.69, 9.17) is 0 Å². The number of carbonyl (C=O) groups excluding carboxylic acids is 1. The molecule has 1 aromatic carbocycles. The van der Waals surface area contributed by atoms with Gasteiger partial charge in [-0.25, -0.2) is 0 Å². The molecule has 5 nitrogen and oxygen atoms in total. The number of rotatable bonds is 5. The van der Waals surface area contributed by atoms with Crippen LogP contribution in [0.1, 0.15) is 32.8 Å². The van der Waals surface area contributed by atoms with E-state index in [9.17, 15) is 14.9 Å². The number of non-ortho nitro benzene ring substituents is 1. The van der Waals surface area contributed by atoms with Gasteiger partial charge in [0.2, 0.25) is 5.91 Å². The fourth-order valence-electron chi connectivity index (χ4n) is 1.43. The van der Waals surface area contributed by atoms with E-state index in [-0.39, 0.29) is 23.6 Å². The molecule has 0 saturated carbocycles. The van der Waals surface area contributed by atoms with Gasteiger partial charge < -0.3 is 5.32 Å². The summed E-state index contributed by atoms with van der Waals surface area (Å²) < 4.78 is 0. The van der Waals surface area contributed by atoms with E-state index >= 15 is 0 Å². The molecule has 0 aliphatic heterocycles. The molecule has 0 fully saturated rings. The third kappa shape index (κ3) is 4.16. The van der Waals surface area contributed by atoms with Crippen LogP contribution < -0.4 is 5.32 Å². The molecule has 0 unspecified atom stereocenters. The molecule has 1 rings (SSSR count). The Morgan fingerprint density at radius 1 is 1.33 bits per heavy atom. The molecular formula is C13H18N2O3. The summed E-state index contributed by atoms with van der Waals surface area (Å²) in [6.07, 6.45) is 1.08. The molecule has 1 aromatic rings. The summed E-state index contributed by atoms with van der Waals surface area (Å²) in [5.74, 6) is -0.0734. The topological polar surface area (TPSA) is 72.2 Å². The summed E-state index contributed by atoms with van der Waals surface area (Å²) in [5, 5.41) is 13.4. The van der Waals surface area contributed by atoms with Crippen molar-refractivity contribution in [2.24, 2.45) is 0 Å². The number of nitrogens with zero attached hydrogens (tertiary/aromatic N) is 1. The normalized spacial score (nSPS) is 11.1. The third-order valence-corrected chi connectivity index (χ3v) is 2.87. The van der Waals surface area contributed by atoms with Crippen LogP contribution in [-0.4, -0.2) is 16.4 Å². The van der Waals surface area contributed by atoms with E-state index in [1.165, 1.54) is 12.1 Å². The van der Waals surface area contributed by atoms with Crippen molar-refractivity contribution in [3.8, 4) is 0 Å². The molecule has 0 heterocycles. The molecular weight excluding hydrogens is 232 g/mol. The van der Waals surface area contributed by atoms with E-state index in [2.05, 4.69) is 5.32 Å². The van der Waals surface area contributed by atoms with Gasteiger partial charge in [-0.05, 0) is 25.8 Å². The average Bonchev–Trinajstić information content (AvgIpc) is 2.29. The van der Waals surface area contributed by atoms with E-state index in [0.29, 0.717) is 0 Å². The van der Waals surface area contributed by atoms with Gasteiger partial charge in [0.1, 0.15) is 0 Å². The highest BCUT2D eigenvalue weighted by Crippen LogP contribution is 2.13. The number of nitrogens with one attached hydrogen (secondary N) is 1. The van der Waals surface area contributed by atoms with Crippen LogP contribution in [0.4, 0.5) is 5.69 Å². The minimum absolute atomic E-state index is 0.0352. The molecule has 0 spiro atoms. The standard InChI is InChI=1S/C13H18N2O3/c1-4-13(2,3)14-12(16)9-10-5-7-11(8-6-10)15(17)18/h5-8H,4,9H2,1-3H3,(H,14,16). The van der Waals surface area contributed by atoms with Crippen molar-refractivity contribution in [2.75, 3.05) is 0 Å². The van der Waals surface area contributed by atoms with Gasteiger partial charge in [0.05, 0.1) is 11.3 Å². The molecule has 98 valence electrons. The monoisotopic (exact) mass is 250 g/mol. The number of nitro benzene ring substituents is 1. The predicted molar refractivity (Wildman–Crippen MR) is 69.3 cm³/mol. The van der Waals surface area contributed by atoms with Gasteiger partial charge >= 0.3 is 0 Å². The average molecular weight is 250 g/mol. The number of nitro groups is 1. The van der Waals surface area contributed by atoms with Gasteiger partial charge in [0.15, 0.2) is 0 Å². The summed E-state index contributed by atoms with van der Waals surface area (Å²) in [6.45, 7) is 5.92. The Morgan fingerprint density at radius 3 is 2.33 bits per heavy atom. The van der Waals surface area contributed by atoms with Gasteiger partial charge in [-0.1, -0.05) is 19.1 Å². The molecule has 0 atom stereocenters. The van der Waals surface area contributed by atoms with Crippen molar-refractivity contribution in [3.05, 3.63) is 39.9 Å². The number of hydrogen-bond acceptors (Lipinski definition) is 3. The molecule has 0 aliphatic carbocycles. The lowest BCUT2D eigenvalue weighted by atomic mass is 10.0. The number of carbonyl (C=O) groups is 1.